The molecule has 4 nitrogen and oxygen atoms in total. The molecule has 7 rings (SSSR count). The number of hydrogen-bond donors (Lipinski definition) is 0. The van der Waals surface area contributed by atoms with Gasteiger partial charge in [-0.15, -0.1) is 0 Å². The summed E-state index contributed by atoms with van der Waals surface area (Å²) in [4.78, 5) is 0. The fourth-order valence-electron chi connectivity index (χ4n) is 5.98. The van der Waals surface area contributed by atoms with Crippen LogP contribution in [0, 0.1) is 0 Å². The molecule has 2 atom stereocenters. The van der Waals surface area contributed by atoms with Crippen LogP contribution < -0.4 is 10.9 Å². The molecule has 2 saturated heterocycles. The van der Waals surface area contributed by atoms with Crippen molar-refractivity contribution in [2.75, 3.05) is 0 Å². The SMILES string of the molecule is CC1(C)OB(c2c3ccccc3c(-c3ccccc3)c3ccccc23)OC1(C)C.CC1(C)OB(c2cc(Br)cc(Br)c2)OC1(C)C.P[B]P. The number of hydrogen-bond acceptors (Lipinski definition) is 4. The van der Waals surface area contributed by atoms with Gasteiger partial charge in [0.05, 0.1) is 22.4 Å². The summed E-state index contributed by atoms with van der Waals surface area (Å²) < 4.78 is 27.0. The van der Waals surface area contributed by atoms with Crippen molar-refractivity contribution in [3.05, 3.63) is 106 Å². The van der Waals surface area contributed by atoms with Gasteiger partial charge in [0.15, 0.2) is 6.72 Å². The normalized spacial score (nSPS) is 18.4. The van der Waals surface area contributed by atoms with Crippen LogP contribution in [0.5, 0.6) is 0 Å². The molecule has 5 aromatic rings. The third-order valence-electron chi connectivity index (χ3n) is 9.93. The van der Waals surface area contributed by atoms with E-state index in [4.69, 9.17) is 18.6 Å². The largest absolute Gasteiger partial charge is 0.496 e. The lowest BCUT2D eigenvalue weighted by atomic mass is 9.71. The van der Waals surface area contributed by atoms with E-state index >= 15 is 0 Å². The Bertz CT molecular complexity index is 1830. The van der Waals surface area contributed by atoms with Crippen LogP contribution in [0.25, 0.3) is 32.7 Å². The minimum atomic E-state index is -0.403. The van der Waals surface area contributed by atoms with Gasteiger partial charge in [-0.2, -0.15) is 18.2 Å². The van der Waals surface area contributed by atoms with Gasteiger partial charge >= 0.3 is 14.2 Å². The van der Waals surface area contributed by atoms with Crippen LogP contribution in [0.1, 0.15) is 55.4 Å². The van der Waals surface area contributed by atoms with Crippen LogP contribution >= 0.6 is 50.1 Å². The van der Waals surface area contributed by atoms with Crippen molar-refractivity contribution in [2.45, 2.75) is 77.8 Å². The monoisotopic (exact) mass is 817 g/mol. The first-order chi connectivity index (χ1) is 23.0. The molecule has 5 aromatic carbocycles. The molecule has 2 aliphatic rings. The first kappa shape index (κ1) is 38.7. The lowest BCUT2D eigenvalue weighted by Gasteiger charge is -2.32. The molecule has 0 aliphatic carbocycles. The summed E-state index contributed by atoms with van der Waals surface area (Å²) in [6.07, 6.45) is 0. The van der Waals surface area contributed by atoms with E-state index in [1.54, 1.807) is 0 Å². The third-order valence-corrected chi connectivity index (χ3v) is 10.9. The van der Waals surface area contributed by atoms with Gasteiger partial charge in [0, 0.05) is 8.95 Å². The van der Waals surface area contributed by atoms with Crippen molar-refractivity contribution in [3.8, 4) is 11.1 Å². The molecule has 2 aliphatic heterocycles. The third kappa shape index (κ3) is 8.11. The molecule has 0 bridgehead atoms. The second-order valence-corrected chi connectivity index (χ2v) is 17.7. The van der Waals surface area contributed by atoms with Crippen LogP contribution in [0.3, 0.4) is 0 Å². The number of benzene rings is 5. The van der Waals surface area contributed by atoms with Gasteiger partial charge in [-0.05, 0) is 117 Å². The Labute approximate surface area is 315 Å². The quantitative estimate of drug-likeness (QED) is 0.103. The second-order valence-electron chi connectivity index (χ2n) is 14.3. The van der Waals surface area contributed by atoms with E-state index in [1.165, 1.54) is 32.7 Å². The highest BCUT2D eigenvalue weighted by Gasteiger charge is 2.53. The Kier molecular flexibility index (Phi) is 12.0. The highest BCUT2D eigenvalue weighted by atomic mass is 79.9. The van der Waals surface area contributed by atoms with Gasteiger partial charge in [0.1, 0.15) is 0 Å². The summed E-state index contributed by atoms with van der Waals surface area (Å²) in [6.45, 7) is 18.5. The van der Waals surface area contributed by atoms with Crippen molar-refractivity contribution in [2.24, 2.45) is 0 Å². The van der Waals surface area contributed by atoms with Crippen molar-refractivity contribution in [1.82, 2.24) is 0 Å². The summed E-state index contributed by atoms with van der Waals surface area (Å²) in [6, 6.07) is 33.9. The summed E-state index contributed by atoms with van der Waals surface area (Å²) >= 11 is 6.95. The number of halogens is 2. The van der Waals surface area contributed by atoms with Crippen LogP contribution in [-0.2, 0) is 18.6 Å². The van der Waals surface area contributed by atoms with Gasteiger partial charge in [-0.1, -0.05) is 111 Å². The molecule has 2 heterocycles. The molecule has 0 spiro atoms. The molecule has 2 fully saturated rings. The van der Waals surface area contributed by atoms with Crippen LogP contribution in [-0.4, -0.2) is 43.4 Å². The van der Waals surface area contributed by atoms with E-state index in [0.29, 0.717) is 0 Å². The first-order valence-corrected chi connectivity index (χ1v) is 19.3. The maximum atomic E-state index is 6.49. The summed E-state index contributed by atoms with van der Waals surface area (Å²) in [5, 5.41) is 4.82. The molecule has 253 valence electrons. The minimum Gasteiger partial charge on any atom is -0.399 e. The smallest absolute Gasteiger partial charge is 0.399 e. The zero-order chi connectivity index (χ0) is 35.8. The van der Waals surface area contributed by atoms with Crippen LogP contribution in [0.2, 0.25) is 0 Å². The van der Waals surface area contributed by atoms with Crippen molar-refractivity contribution >= 4 is 104 Å². The summed E-state index contributed by atoms with van der Waals surface area (Å²) in [5.41, 5.74) is 3.27. The van der Waals surface area contributed by atoms with Crippen molar-refractivity contribution < 1.29 is 18.6 Å². The molecule has 11 heteroatoms. The zero-order valence-corrected chi connectivity index (χ0v) is 35.0. The molecular formula is C38H44B3Br2O4P2. The Hall–Kier alpha value is -1.53. The molecule has 2 unspecified atom stereocenters. The average molecular weight is 819 g/mol. The second kappa shape index (κ2) is 15.2. The van der Waals surface area contributed by atoms with Crippen molar-refractivity contribution in [1.29, 1.82) is 0 Å². The molecule has 0 amide bonds. The van der Waals surface area contributed by atoms with Crippen molar-refractivity contribution in [3.63, 3.8) is 0 Å². The maximum Gasteiger partial charge on any atom is 0.496 e. The van der Waals surface area contributed by atoms with E-state index in [2.05, 4.69) is 184 Å². The van der Waals surface area contributed by atoms with E-state index in [9.17, 15) is 0 Å². The summed E-state index contributed by atoms with van der Waals surface area (Å²) in [5.74, 6) is 0. The Morgan fingerprint density at radius 1 is 0.510 bits per heavy atom. The molecule has 49 heavy (non-hydrogen) atoms. The van der Waals surface area contributed by atoms with Gasteiger partial charge in [-0.3, -0.25) is 0 Å². The van der Waals surface area contributed by atoms with Gasteiger partial charge in [-0.25, -0.2) is 0 Å². The highest BCUT2D eigenvalue weighted by Crippen LogP contribution is 2.41. The first-order valence-electron chi connectivity index (χ1n) is 16.4. The molecule has 1 radical (unpaired) electrons. The predicted molar refractivity (Wildman–Crippen MR) is 225 cm³/mol. The fourth-order valence-corrected chi connectivity index (χ4v) is 7.31. The lowest BCUT2D eigenvalue weighted by Crippen LogP contribution is -2.41. The highest BCUT2D eigenvalue weighted by molar-refractivity contribution is 9.11. The zero-order valence-electron chi connectivity index (χ0n) is 29.5. The van der Waals surface area contributed by atoms with E-state index < -0.39 is 7.12 Å². The van der Waals surface area contributed by atoms with Gasteiger partial charge in [0.2, 0.25) is 0 Å². The van der Waals surface area contributed by atoms with E-state index in [1.807, 2.05) is 24.9 Å². The molecular weight excluding hydrogens is 775 g/mol. The Balaban J connectivity index is 0.000000199. The predicted octanol–water partition coefficient (Wildman–Crippen LogP) is 9.74. The minimum absolute atomic E-state index is 0.299. The Morgan fingerprint density at radius 3 is 1.27 bits per heavy atom. The molecule has 0 saturated carbocycles. The van der Waals surface area contributed by atoms with Crippen LogP contribution in [0.4, 0.5) is 0 Å². The number of fused-ring (bicyclic) bond motifs is 2. The van der Waals surface area contributed by atoms with Gasteiger partial charge < -0.3 is 18.6 Å². The van der Waals surface area contributed by atoms with E-state index in [0.717, 1.165) is 19.9 Å². The maximum absolute atomic E-state index is 6.49. The lowest BCUT2D eigenvalue weighted by molar-refractivity contribution is 0.00578. The molecule has 0 aromatic heterocycles. The summed E-state index contributed by atoms with van der Waals surface area (Å²) in [7, 11) is 4.12. The fraction of sp³-hybridized carbons (Fsp3) is 0.316. The number of rotatable bonds is 3. The Morgan fingerprint density at radius 2 is 0.857 bits per heavy atom. The topological polar surface area (TPSA) is 36.9 Å². The van der Waals surface area contributed by atoms with Gasteiger partial charge in [0.25, 0.3) is 0 Å². The standard InChI is InChI=1S/C26H25BO2.C12H15BBr2O2.BH4P2/c1-25(2)26(3,4)29-27(28-25)24-21-16-10-8-14-19(21)23(18-12-6-5-7-13-18)20-15-9-11-17-22(20)24;1-11(2)12(3,4)17-13(16-11)8-5-9(14)7-10(15)6-8;2-1-3/h5-17H,1-4H3;5-7H,1-4H3;2-3H2. The average Bonchev–Trinajstić information content (AvgIpc) is 3.39. The molecule has 0 N–H and O–H groups in total. The van der Waals surface area contributed by atoms with Crippen LogP contribution in [0.15, 0.2) is 106 Å². The van der Waals surface area contributed by atoms with E-state index in [-0.39, 0.29) is 29.5 Å².